The molecule has 0 saturated heterocycles. The van der Waals surface area contributed by atoms with Gasteiger partial charge >= 0.3 is 5.97 Å². The van der Waals surface area contributed by atoms with Crippen LogP contribution in [0.3, 0.4) is 0 Å². The Morgan fingerprint density at radius 2 is 2.10 bits per heavy atom. The Labute approximate surface area is 121 Å². The van der Waals surface area contributed by atoms with Crippen molar-refractivity contribution in [1.29, 1.82) is 0 Å². The number of hydrogen-bond acceptors (Lipinski definition) is 5. The van der Waals surface area contributed by atoms with E-state index in [0.717, 1.165) is 11.3 Å². The van der Waals surface area contributed by atoms with E-state index in [1.165, 1.54) is 12.6 Å². The topological polar surface area (TPSA) is 70.2 Å². The van der Waals surface area contributed by atoms with Crippen LogP contribution >= 0.6 is 0 Å². The third-order valence-electron chi connectivity index (χ3n) is 3.05. The summed E-state index contributed by atoms with van der Waals surface area (Å²) >= 11 is 0. The molecule has 0 fully saturated rings. The predicted octanol–water partition coefficient (Wildman–Crippen LogP) is 2.78. The number of carbonyl (C=O) groups is 1. The maximum atomic E-state index is 11.8. The van der Waals surface area contributed by atoms with Crippen molar-refractivity contribution in [2.75, 3.05) is 0 Å². The van der Waals surface area contributed by atoms with E-state index in [-0.39, 0.29) is 11.9 Å². The van der Waals surface area contributed by atoms with Crippen LogP contribution in [0.25, 0.3) is 5.69 Å². The van der Waals surface area contributed by atoms with Gasteiger partial charge in [0, 0.05) is 0 Å². The Kier molecular flexibility index (Phi) is 3.51. The monoisotopic (exact) mass is 283 g/mol. The average molecular weight is 283 g/mol. The second-order valence-corrected chi connectivity index (χ2v) is 4.46. The summed E-state index contributed by atoms with van der Waals surface area (Å²) in [6, 6.07) is 10.8. The van der Waals surface area contributed by atoms with Crippen LogP contribution < -0.4 is 0 Å². The number of rotatable bonds is 4. The molecule has 2 heterocycles. The molecule has 3 rings (SSSR count). The number of benzene rings is 1. The smallest absolute Gasteiger partial charge is 0.374 e. The first kappa shape index (κ1) is 13.1. The zero-order chi connectivity index (χ0) is 14.7. The van der Waals surface area contributed by atoms with Crippen molar-refractivity contribution >= 4 is 5.97 Å². The SMILES string of the molecule is CC(OC(=O)c1ccco1)c1ccc(-n2cncn2)cc1. The Morgan fingerprint density at radius 3 is 2.71 bits per heavy atom. The molecule has 1 unspecified atom stereocenters. The number of hydrogen-bond donors (Lipinski definition) is 0. The number of nitrogens with zero attached hydrogens (tertiary/aromatic N) is 3. The van der Waals surface area contributed by atoms with E-state index in [2.05, 4.69) is 10.1 Å². The molecule has 0 bridgehead atoms. The molecule has 0 radical (unpaired) electrons. The molecule has 0 spiro atoms. The molecule has 3 aromatic rings. The second kappa shape index (κ2) is 5.62. The van der Waals surface area contributed by atoms with Crippen LogP contribution in [0.5, 0.6) is 0 Å². The molecular weight excluding hydrogens is 270 g/mol. The van der Waals surface area contributed by atoms with Crippen molar-refractivity contribution < 1.29 is 13.9 Å². The highest BCUT2D eigenvalue weighted by Crippen LogP contribution is 2.20. The molecule has 6 heteroatoms. The van der Waals surface area contributed by atoms with E-state index < -0.39 is 5.97 Å². The Hall–Kier alpha value is -2.89. The standard InChI is InChI=1S/C15H13N3O3/c1-11(21-15(19)14-3-2-8-20-14)12-4-6-13(7-5-12)18-10-16-9-17-18/h2-11H,1H3. The number of furan rings is 1. The Morgan fingerprint density at radius 1 is 1.29 bits per heavy atom. The highest BCUT2D eigenvalue weighted by molar-refractivity contribution is 5.86. The van der Waals surface area contributed by atoms with Gasteiger partial charge < -0.3 is 9.15 Å². The zero-order valence-electron chi connectivity index (χ0n) is 11.3. The van der Waals surface area contributed by atoms with Crippen molar-refractivity contribution in [3.8, 4) is 5.69 Å². The second-order valence-electron chi connectivity index (χ2n) is 4.46. The van der Waals surface area contributed by atoms with Gasteiger partial charge in [-0.2, -0.15) is 5.10 Å². The van der Waals surface area contributed by atoms with Gasteiger partial charge in [-0.1, -0.05) is 12.1 Å². The third kappa shape index (κ3) is 2.84. The fourth-order valence-corrected chi connectivity index (χ4v) is 1.92. The van der Waals surface area contributed by atoms with Crippen LogP contribution in [0, 0.1) is 0 Å². The molecule has 0 N–H and O–H groups in total. The van der Waals surface area contributed by atoms with Crippen molar-refractivity contribution in [3.63, 3.8) is 0 Å². The van der Waals surface area contributed by atoms with Crippen molar-refractivity contribution in [2.45, 2.75) is 13.0 Å². The molecule has 6 nitrogen and oxygen atoms in total. The van der Waals surface area contributed by atoms with Crippen LogP contribution in [-0.2, 0) is 4.74 Å². The normalized spacial score (nSPS) is 12.0. The van der Waals surface area contributed by atoms with Crippen LogP contribution in [-0.4, -0.2) is 20.7 Å². The molecule has 1 aromatic carbocycles. The maximum Gasteiger partial charge on any atom is 0.374 e. The van der Waals surface area contributed by atoms with Gasteiger partial charge in [0.25, 0.3) is 0 Å². The molecular formula is C15H13N3O3. The Bertz CT molecular complexity index is 703. The summed E-state index contributed by atoms with van der Waals surface area (Å²) in [4.78, 5) is 15.7. The summed E-state index contributed by atoms with van der Waals surface area (Å²) < 4.78 is 12.0. The lowest BCUT2D eigenvalue weighted by Gasteiger charge is -2.13. The fraction of sp³-hybridized carbons (Fsp3) is 0.133. The van der Waals surface area contributed by atoms with Gasteiger partial charge in [0.15, 0.2) is 0 Å². The number of ether oxygens (including phenoxy) is 1. The minimum Gasteiger partial charge on any atom is -0.457 e. The summed E-state index contributed by atoms with van der Waals surface area (Å²) in [5, 5.41) is 4.05. The van der Waals surface area contributed by atoms with E-state index in [9.17, 15) is 4.79 Å². The maximum absolute atomic E-state index is 11.8. The van der Waals surface area contributed by atoms with Crippen molar-refractivity contribution in [1.82, 2.24) is 14.8 Å². The minimum atomic E-state index is -0.479. The zero-order valence-corrected chi connectivity index (χ0v) is 11.3. The quantitative estimate of drug-likeness (QED) is 0.688. The first-order chi connectivity index (χ1) is 10.2. The molecule has 0 amide bonds. The molecule has 0 aliphatic heterocycles. The summed E-state index contributed by atoms with van der Waals surface area (Å²) in [5.74, 6) is -0.283. The first-order valence-electron chi connectivity index (χ1n) is 6.43. The van der Waals surface area contributed by atoms with Crippen molar-refractivity contribution in [2.24, 2.45) is 0 Å². The molecule has 21 heavy (non-hydrogen) atoms. The van der Waals surface area contributed by atoms with E-state index in [0.29, 0.717) is 0 Å². The lowest BCUT2D eigenvalue weighted by molar-refractivity contribution is 0.0301. The van der Waals surface area contributed by atoms with Gasteiger partial charge in [0.1, 0.15) is 18.8 Å². The highest BCUT2D eigenvalue weighted by atomic mass is 16.6. The van der Waals surface area contributed by atoms with Crippen LogP contribution in [0.1, 0.15) is 29.1 Å². The minimum absolute atomic E-state index is 0.195. The van der Waals surface area contributed by atoms with Gasteiger partial charge in [0.05, 0.1) is 12.0 Å². The molecule has 0 aliphatic rings. The molecule has 0 saturated carbocycles. The lowest BCUT2D eigenvalue weighted by Crippen LogP contribution is -2.08. The largest absolute Gasteiger partial charge is 0.457 e. The first-order valence-corrected chi connectivity index (χ1v) is 6.43. The fourth-order valence-electron chi connectivity index (χ4n) is 1.92. The van der Waals surface area contributed by atoms with Gasteiger partial charge in [-0.25, -0.2) is 14.5 Å². The van der Waals surface area contributed by atoms with E-state index in [4.69, 9.17) is 9.15 Å². The van der Waals surface area contributed by atoms with Gasteiger partial charge in [0.2, 0.25) is 5.76 Å². The van der Waals surface area contributed by atoms with Crippen LogP contribution in [0.15, 0.2) is 59.7 Å². The van der Waals surface area contributed by atoms with Gasteiger partial charge in [-0.05, 0) is 36.8 Å². The molecule has 0 aliphatic carbocycles. The highest BCUT2D eigenvalue weighted by Gasteiger charge is 2.15. The Balaban J connectivity index is 1.70. The summed E-state index contributed by atoms with van der Waals surface area (Å²) in [7, 11) is 0. The number of aromatic nitrogens is 3. The summed E-state index contributed by atoms with van der Waals surface area (Å²) in [5.41, 5.74) is 1.78. The molecule has 106 valence electrons. The van der Waals surface area contributed by atoms with Crippen molar-refractivity contribution in [3.05, 3.63) is 66.6 Å². The van der Waals surface area contributed by atoms with Gasteiger partial charge in [-0.3, -0.25) is 0 Å². The third-order valence-corrected chi connectivity index (χ3v) is 3.05. The average Bonchev–Trinajstić information content (AvgIpc) is 3.20. The molecule has 2 aromatic heterocycles. The number of carbonyl (C=O) groups excluding carboxylic acids is 1. The van der Waals surface area contributed by atoms with Crippen LogP contribution in [0.4, 0.5) is 0 Å². The summed E-state index contributed by atoms with van der Waals surface area (Å²) in [6.07, 6.45) is 4.16. The number of esters is 1. The van der Waals surface area contributed by atoms with E-state index in [1.54, 1.807) is 23.1 Å². The van der Waals surface area contributed by atoms with E-state index >= 15 is 0 Å². The molecule has 1 atom stereocenters. The predicted molar refractivity (Wildman–Crippen MR) is 73.9 cm³/mol. The van der Waals surface area contributed by atoms with Crippen LogP contribution in [0.2, 0.25) is 0 Å². The van der Waals surface area contributed by atoms with E-state index in [1.807, 2.05) is 31.2 Å². The lowest BCUT2D eigenvalue weighted by atomic mass is 10.1. The summed E-state index contributed by atoms with van der Waals surface area (Å²) in [6.45, 7) is 1.81. The van der Waals surface area contributed by atoms with Gasteiger partial charge in [-0.15, -0.1) is 0 Å².